The molecule has 2 aromatic carbocycles. The number of ether oxygens (including phenoxy) is 1. The van der Waals surface area contributed by atoms with Crippen LogP contribution in [0.25, 0.3) is 11.0 Å². The summed E-state index contributed by atoms with van der Waals surface area (Å²) in [5.41, 5.74) is 2.21. The highest BCUT2D eigenvalue weighted by Crippen LogP contribution is 2.28. The summed E-state index contributed by atoms with van der Waals surface area (Å²) in [4.78, 5) is 22.0. The third kappa shape index (κ3) is 3.05. The van der Waals surface area contributed by atoms with Crippen LogP contribution in [0.5, 0.6) is 5.75 Å². The van der Waals surface area contributed by atoms with Gasteiger partial charge in [-0.05, 0) is 30.3 Å². The number of H-pyrrole nitrogens is 1. The Kier molecular flexibility index (Phi) is 3.83. The van der Waals surface area contributed by atoms with E-state index < -0.39 is 6.61 Å². The van der Waals surface area contributed by atoms with Gasteiger partial charge in [0.25, 0.3) is 5.91 Å². The minimum Gasteiger partial charge on any atom is -0.435 e. The predicted octanol–water partition coefficient (Wildman–Crippen LogP) is 3.40. The average Bonchev–Trinajstić information content (AvgIpc) is 2.96. The molecule has 0 saturated carbocycles. The van der Waals surface area contributed by atoms with Gasteiger partial charge in [-0.25, -0.2) is 4.98 Å². The van der Waals surface area contributed by atoms with Crippen molar-refractivity contribution in [1.29, 1.82) is 0 Å². The maximum Gasteiger partial charge on any atom is 0.387 e. The minimum absolute atomic E-state index is 0.0183. The minimum atomic E-state index is -2.91. The fraction of sp³-hybridized carbons (Fsp3) is 0.222. The van der Waals surface area contributed by atoms with Crippen molar-refractivity contribution in [1.82, 2.24) is 14.9 Å². The molecule has 1 saturated heterocycles. The Morgan fingerprint density at radius 1 is 1.20 bits per heavy atom. The largest absolute Gasteiger partial charge is 0.435 e. The molecular weight excluding hydrogens is 328 g/mol. The van der Waals surface area contributed by atoms with E-state index in [1.54, 1.807) is 11.0 Å². The van der Waals surface area contributed by atoms with Crippen molar-refractivity contribution in [2.45, 2.75) is 12.5 Å². The third-order valence-electron chi connectivity index (χ3n) is 4.27. The number of aromatic amines is 1. The molecule has 1 amide bonds. The van der Waals surface area contributed by atoms with Crippen molar-refractivity contribution in [3.63, 3.8) is 0 Å². The van der Waals surface area contributed by atoms with Gasteiger partial charge >= 0.3 is 6.61 Å². The number of hydrogen-bond acceptors (Lipinski definition) is 3. The fourth-order valence-corrected chi connectivity index (χ4v) is 2.97. The smallest absolute Gasteiger partial charge is 0.387 e. The summed E-state index contributed by atoms with van der Waals surface area (Å²) in [6.45, 7) is -1.83. The van der Waals surface area contributed by atoms with E-state index in [9.17, 15) is 13.6 Å². The summed E-state index contributed by atoms with van der Waals surface area (Å²) >= 11 is 0. The molecule has 3 aromatic rings. The molecule has 0 aliphatic carbocycles. The summed E-state index contributed by atoms with van der Waals surface area (Å²) in [5.74, 6) is 0.791. The molecule has 2 heterocycles. The first-order chi connectivity index (χ1) is 12.1. The third-order valence-corrected chi connectivity index (χ3v) is 4.27. The molecule has 4 rings (SSSR count). The van der Waals surface area contributed by atoms with Gasteiger partial charge in [0.1, 0.15) is 11.6 Å². The Bertz CT molecular complexity index is 886. The number of halogens is 2. The lowest BCUT2D eigenvalue weighted by atomic mass is 9.98. The second-order valence-electron chi connectivity index (χ2n) is 5.95. The van der Waals surface area contributed by atoms with Gasteiger partial charge in [0.05, 0.1) is 17.0 Å². The van der Waals surface area contributed by atoms with E-state index in [1.807, 2.05) is 24.3 Å². The normalized spacial score (nSPS) is 14.8. The zero-order valence-electron chi connectivity index (χ0n) is 13.2. The maximum absolute atomic E-state index is 12.5. The molecule has 5 nitrogen and oxygen atoms in total. The first kappa shape index (κ1) is 15.6. The molecule has 128 valence electrons. The number of rotatable bonds is 4. The van der Waals surface area contributed by atoms with E-state index in [1.165, 1.54) is 18.2 Å². The Hall–Kier alpha value is -2.96. The first-order valence-electron chi connectivity index (χ1n) is 7.89. The molecule has 0 atom stereocenters. The van der Waals surface area contributed by atoms with Gasteiger partial charge in [0, 0.05) is 18.7 Å². The Balaban J connectivity index is 1.44. The van der Waals surface area contributed by atoms with Crippen molar-refractivity contribution in [3.8, 4) is 5.75 Å². The molecule has 1 fully saturated rings. The molecule has 1 N–H and O–H groups in total. The molecule has 7 heteroatoms. The van der Waals surface area contributed by atoms with Gasteiger partial charge < -0.3 is 14.6 Å². The molecule has 0 radical (unpaired) electrons. The van der Waals surface area contributed by atoms with E-state index >= 15 is 0 Å². The van der Waals surface area contributed by atoms with Gasteiger partial charge in [0.2, 0.25) is 0 Å². The highest BCUT2D eigenvalue weighted by Gasteiger charge is 2.34. The molecule has 1 aliphatic heterocycles. The molecule has 1 aromatic heterocycles. The number of alkyl halides is 2. The number of benzene rings is 2. The van der Waals surface area contributed by atoms with Crippen LogP contribution in [0.2, 0.25) is 0 Å². The summed E-state index contributed by atoms with van der Waals surface area (Å²) in [5, 5.41) is 0. The van der Waals surface area contributed by atoms with E-state index in [0.717, 1.165) is 16.9 Å². The Morgan fingerprint density at radius 2 is 2.00 bits per heavy atom. The monoisotopic (exact) mass is 343 g/mol. The second kappa shape index (κ2) is 6.16. The number of amides is 1. The topological polar surface area (TPSA) is 58.2 Å². The van der Waals surface area contributed by atoms with Crippen LogP contribution in [0, 0.1) is 0 Å². The predicted molar refractivity (Wildman–Crippen MR) is 87.8 cm³/mol. The zero-order valence-corrected chi connectivity index (χ0v) is 13.2. The van der Waals surface area contributed by atoms with Gasteiger partial charge in [-0.3, -0.25) is 4.79 Å². The number of imidazole rings is 1. The van der Waals surface area contributed by atoms with Crippen molar-refractivity contribution >= 4 is 16.9 Å². The van der Waals surface area contributed by atoms with E-state index in [2.05, 4.69) is 14.7 Å². The van der Waals surface area contributed by atoms with Gasteiger partial charge in [-0.2, -0.15) is 8.78 Å². The van der Waals surface area contributed by atoms with E-state index in [4.69, 9.17) is 0 Å². The quantitative estimate of drug-likeness (QED) is 0.790. The van der Waals surface area contributed by atoms with Crippen LogP contribution in [-0.4, -0.2) is 40.5 Å². The lowest BCUT2D eigenvalue weighted by molar-refractivity contribution is -0.0499. The number of hydrogen-bond donors (Lipinski definition) is 1. The molecule has 0 spiro atoms. The second-order valence-corrected chi connectivity index (χ2v) is 5.95. The van der Waals surface area contributed by atoms with Crippen LogP contribution in [0.4, 0.5) is 8.78 Å². The number of carbonyl (C=O) groups is 1. The number of para-hydroxylation sites is 2. The standard InChI is InChI=1S/C18H15F2N3O2/c19-18(20)25-13-5-3-4-11(8-13)17(24)23-9-12(10-23)16-21-14-6-1-2-7-15(14)22-16/h1-8,12,18H,9-10H2,(H,21,22). The van der Waals surface area contributed by atoms with Crippen molar-refractivity contribution in [3.05, 3.63) is 59.9 Å². The summed E-state index contributed by atoms with van der Waals surface area (Å²) in [6, 6.07) is 13.6. The fourth-order valence-electron chi connectivity index (χ4n) is 2.97. The van der Waals surface area contributed by atoms with Crippen LogP contribution >= 0.6 is 0 Å². The van der Waals surface area contributed by atoms with Crippen LogP contribution in [0.3, 0.4) is 0 Å². The average molecular weight is 343 g/mol. The van der Waals surface area contributed by atoms with E-state index in [-0.39, 0.29) is 17.6 Å². The first-order valence-corrected chi connectivity index (χ1v) is 7.89. The Labute approximate surface area is 142 Å². The van der Waals surface area contributed by atoms with Crippen molar-refractivity contribution < 1.29 is 18.3 Å². The maximum atomic E-state index is 12.5. The van der Waals surface area contributed by atoms with Crippen molar-refractivity contribution in [2.75, 3.05) is 13.1 Å². The van der Waals surface area contributed by atoms with Crippen LogP contribution in [-0.2, 0) is 0 Å². The van der Waals surface area contributed by atoms with Gasteiger partial charge in [-0.1, -0.05) is 18.2 Å². The lowest BCUT2D eigenvalue weighted by Crippen LogP contribution is -2.48. The van der Waals surface area contributed by atoms with E-state index in [0.29, 0.717) is 18.7 Å². The van der Waals surface area contributed by atoms with Gasteiger partial charge in [0.15, 0.2) is 0 Å². The van der Waals surface area contributed by atoms with Gasteiger partial charge in [-0.15, -0.1) is 0 Å². The SMILES string of the molecule is O=C(c1cccc(OC(F)F)c1)N1CC(c2nc3ccccc3[nH]2)C1. The molecule has 0 bridgehead atoms. The highest BCUT2D eigenvalue weighted by molar-refractivity contribution is 5.95. The molecule has 0 unspecified atom stereocenters. The van der Waals surface area contributed by atoms with Crippen LogP contribution in [0.15, 0.2) is 48.5 Å². The number of likely N-dealkylation sites (tertiary alicyclic amines) is 1. The molecule has 1 aliphatic rings. The summed E-state index contributed by atoms with van der Waals surface area (Å²) in [7, 11) is 0. The zero-order chi connectivity index (χ0) is 17.4. The molecule has 25 heavy (non-hydrogen) atoms. The summed E-state index contributed by atoms with van der Waals surface area (Å²) < 4.78 is 28.9. The van der Waals surface area contributed by atoms with Crippen LogP contribution in [0.1, 0.15) is 22.1 Å². The Morgan fingerprint density at radius 3 is 2.76 bits per heavy atom. The highest BCUT2D eigenvalue weighted by atomic mass is 19.3. The lowest BCUT2D eigenvalue weighted by Gasteiger charge is -2.38. The summed E-state index contributed by atoms with van der Waals surface area (Å²) in [6.07, 6.45) is 0. The van der Waals surface area contributed by atoms with Crippen molar-refractivity contribution in [2.24, 2.45) is 0 Å². The van der Waals surface area contributed by atoms with Crippen LogP contribution < -0.4 is 4.74 Å². The number of carbonyl (C=O) groups excluding carboxylic acids is 1. The molecular formula is C18H15F2N3O2. The number of nitrogens with one attached hydrogen (secondary N) is 1. The number of nitrogens with zero attached hydrogens (tertiary/aromatic N) is 2. The number of aromatic nitrogens is 2. The number of fused-ring (bicyclic) bond motifs is 1.